The molecule has 0 aliphatic carbocycles. The molecule has 0 radical (unpaired) electrons. The summed E-state index contributed by atoms with van der Waals surface area (Å²) in [4.78, 5) is 2.13. The fourth-order valence-corrected chi connectivity index (χ4v) is 2.37. The number of hydrogen-bond acceptors (Lipinski definition) is 3. The highest BCUT2D eigenvalue weighted by atomic mass is 19.1. The Labute approximate surface area is 125 Å². The number of methoxy groups -OCH3 is 1. The van der Waals surface area contributed by atoms with Gasteiger partial charge in [-0.2, -0.15) is 0 Å². The zero-order chi connectivity index (χ0) is 15.2. The predicted octanol–water partition coefficient (Wildman–Crippen LogP) is 2.93. The van der Waals surface area contributed by atoms with Crippen molar-refractivity contribution in [1.82, 2.24) is 4.90 Å². The second-order valence-corrected chi connectivity index (χ2v) is 5.15. The highest BCUT2D eigenvalue weighted by molar-refractivity contribution is 5.37. The minimum absolute atomic E-state index is 0.199. The van der Waals surface area contributed by atoms with E-state index in [1.165, 1.54) is 6.07 Å². The molecule has 2 aromatic rings. The van der Waals surface area contributed by atoms with Crippen LogP contribution in [-0.2, 0) is 19.6 Å². The summed E-state index contributed by atoms with van der Waals surface area (Å²) in [5, 5.41) is 0. The first-order valence-electron chi connectivity index (χ1n) is 6.91. The van der Waals surface area contributed by atoms with E-state index in [1.807, 2.05) is 31.3 Å². The molecule has 112 valence electrons. The molecule has 0 spiro atoms. The van der Waals surface area contributed by atoms with E-state index in [9.17, 15) is 4.39 Å². The normalized spacial score (nSPS) is 10.9. The van der Waals surface area contributed by atoms with E-state index in [2.05, 4.69) is 4.90 Å². The molecule has 2 N–H and O–H groups in total. The standard InChI is InChI=1S/C17H21FN2O/c1-20(11-13-4-3-5-16(18)8-13)12-14-6-7-15(10-19)17(9-14)21-2/h3-9H,10-12,19H2,1-2H3. The molecule has 0 fully saturated rings. The summed E-state index contributed by atoms with van der Waals surface area (Å²) in [6, 6.07) is 12.7. The predicted molar refractivity (Wildman–Crippen MR) is 82.5 cm³/mol. The van der Waals surface area contributed by atoms with E-state index in [4.69, 9.17) is 10.5 Å². The molecule has 0 unspecified atom stereocenters. The number of halogens is 1. The Balaban J connectivity index is 2.04. The average Bonchev–Trinajstić information content (AvgIpc) is 2.47. The average molecular weight is 288 g/mol. The molecule has 0 aliphatic rings. The molecule has 0 amide bonds. The molecular weight excluding hydrogens is 267 g/mol. The summed E-state index contributed by atoms with van der Waals surface area (Å²) in [7, 11) is 3.66. The molecule has 2 aromatic carbocycles. The van der Waals surface area contributed by atoms with Gasteiger partial charge in [-0.1, -0.05) is 24.3 Å². The van der Waals surface area contributed by atoms with Crippen LogP contribution in [-0.4, -0.2) is 19.1 Å². The molecule has 0 heterocycles. The number of nitrogens with two attached hydrogens (primary N) is 1. The number of ether oxygens (including phenoxy) is 1. The number of rotatable bonds is 6. The van der Waals surface area contributed by atoms with Crippen LogP contribution in [0.5, 0.6) is 5.75 Å². The lowest BCUT2D eigenvalue weighted by molar-refractivity contribution is 0.317. The quantitative estimate of drug-likeness (QED) is 0.888. The number of benzene rings is 2. The summed E-state index contributed by atoms with van der Waals surface area (Å²) in [6.07, 6.45) is 0. The molecule has 0 saturated carbocycles. The van der Waals surface area contributed by atoms with Gasteiger partial charge in [0.05, 0.1) is 7.11 Å². The molecule has 21 heavy (non-hydrogen) atoms. The molecule has 4 heteroatoms. The summed E-state index contributed by atoms with van der Waals surface area (Å²) >= 11 is 0. The van der Waals surface area contributed by atoms with Crippen molar-refractivity contribution in [2.24, 2.45) is 5.73 Å². The maximum Gasteiger partial charge on any atom is 0.123 e. The van der Waals surface area contributed by atoms with Gasteiger partial charge in [-0.25, -0.2) is 4.39 Å². The molecule has 3 nitrogen and oxygen atoms in total. The highest BCUT2D eigenvalue weighted by Gasteiger charge is 2.06. The van der Waals surface area contributed by atoms with Crippen LogP contribution in [0.25, 0.3) is 0 Å². The third-order valence-corrected chi connectivity index (χ3v) is 3.37. The largest absolute Gasteiger partial charge is 0.496 e. The highest BCUT2D eigenvalue weighted by Crippen LogP contribution is 2.21. The van der Waals surface area contributed by atoms with Crippen molar-refractivity contribution < 1.29 is 9.13 Å². The summed E-state index contributed by atoms with van der Waals surface area (Å²) < 4.78 is 18.5. The summed E-state index contributed by atoms with van der Waals surface area (Å²) in [5.74, 6) is 0.615. The zero-order valence-corrected chi connectivity index (χ0v) is 12.5. The van der Waals surface area contributed by atoms with Gasteiger partial charge in [0.15, 0.2) is 0 Å². The van der Waals surface area contributed by atoms with Gasteiger partial charge in [0.2, 0.25) is 0 Å². The van der Waals surface area contributed by atoms with E-state index < -0.39 is 0 Å². The van der Waals surface area contributed by atoms with Crippen molar-refractivity contribution in [3.63, 3.8) is 0 Å². The van der Waals surface area contributed by atoms with Gasteiger partial charge in [-0.3, -0.25) is 4.90 Å². The van der Waals surface area contributed by atoms with Gasteiger partial charge >= 0.3 is 0 Å². The van der Waals surface area contributed by atoms with Crippen LogP contribution in [0.15, 0.2) is 42.5 Å². The molecule has 0 saturated heterocycles. The van der Waals surface area contributed by atoms with Crippen LogP contribution < -0.4 is 10.5 Å². The Kier molecular flexibility index (Phi) is 5.31. The van der Waals surface area contributed by atoms with Gasteiger partial charge in [0, 0.05) is 25.2 Å². The molecule has 0 aromatic heterocycles. The molecular formula is C17H21FN2O. The van der Waals surface area contributed by atoms with E-state index in [1.54, 1.807) is 19.2 Å². The van der Waals surface area contributed by atoms with Gasteiger partial charge in [-0.05, 0) is 36.4 Å². The van der Waals surface area contributed by atoms with Crippen LogP contribution in [0.2, 0.25) is 0 Å². The molecule has 0 bridgehead atoms. The first-order valence-corrected chi connectivity index (χ1v) is 6.91. The Hall–Kier alpha value is -1.91. The van der Waals surface area contributed by atoms with Crippen LogP contribution >= 0.6 is 0 Å². The molecule has 0 atom stereocenters. The Morgan fingerprint density at radius 1 is 1.10 bits per heavy atom. The van der Waals surface area contributed by atoms with Gasteiger partial charge in [0.1, 0.15) is 11.6 Å². The van der Waals surface area contributed by atoms with Crippen molar-refractivity contribution in [2.75, 3.05) is 14.2 Å². The minimum atomic E-state index is -0.199. The van der Waals surface area contributed by atoms with Gasteiger partial charge in [0.25, 0.3) is 0 Å². The number of nitrogens with zero attached hydrogens (tertiary/aromatic N) is 1. The Bertz CT molecular complexity index is 601. The second kappa shape index (κ2) is 7.20. The summed E-state index contributed by atoms with van der Waals surface area (Å²) in [5.41, 5.74) is 8.77. The lowest BCUT2D eigenvalue weighted by Crippen LogP contribution is -2.17. The third kappa shape index (κ3) is 4.28. The maximum atomic E-state index is 13.2. The van der Waals surface area contributed by atoms with Crippen molar-refractivity contribution in [3.05, 3.63) is 65.0 Å². The van der Waals surface area contributed by atoms with Crippen LogP contribution in [0.3, 0.4) is 0 Å². The Morgan fingerprint density at radius 3 is 2.43 bits per heavy atom. The van der Waals surface area contributed by atoms with Crippen molar-refractivity contribution in [2.45, 2.75) is 19.6 Å². The first-order chi connectivity index (χ1) is 10.1. The number of hydrogen-bond donors (Lipinski definition) is 1. The smallest absolute Gasteiger partial charge is 0.123 e. The molecule has 0 aliphatic heterocycles. The van der Waals surface area contributed by atoms with E-state index in [0.29, 0.717) is 13.1 Å². The van der Waals surface area contributed by atoms with Crippen LogP contribution in [0.1, 0.15) is 16.7 Å². The lowest BCUT2D eigenvalue weighted by atomic mass is 10.1. The monoisotopic (exact) mass is 288 g/mol. The first kappa shape index (κ1) is 15.5. The van der Waals surface area contributed by atoms with Gasteiger partial charge in [-0.15, -0.1) is 0 Å². The molecule has 2 rings (SSSR count). The lowest BCUT2D eigenvalue weighted by Gasteiger charge is -2.18. The third-order valence-electron chi connectivity index (χ3n) is 3.37. The fourth-order valence-electron chi connectivity index (χ4n) is 2.37. The SMILES string of the molecule is COc1cc(CN(C)Cc2cccc(F)c2)ccc1CN. The zero-order valence-electron chi connectivity index (χ0n) is 12.5. The Morgan fingerprint density at radius 2 is 1.81 bits per heavy atom. The van der Waals surface area contributed by atoms with Crippen LogP contribution in [0, 0.1) is 5.82 Å². The van der Waals surface area contributed by atoms with Crippen molar-refractivity contribution >= 4 is 0 Å². The minimum Gasteiger partial charge on any atom is -0.496 e. The summed E-state index contributed by atoms with van der Waals surface area (Å²) in [6.45, 7) is 1.92. The van der Waals surface area contributed by atoms with Gasteiger partial charge < -0.3 is 10.5 Å². The fraction of sp³-hybridized carbons (Fsp3) is 0.294. The van der Waals surface area contributed by atoms with Crippen LogP contribution in [0.4, 0.5) is 4.39 Å². The van der Waals surface area contributed by atoms with E-state index >= 15 is 0 Å². The topological polar surface area (TPSA) is 38.5 Å². The second-order valence-electron chi connectivity index (χ2n) is 5.15. The van der Waals surface area contributed by atoms with Crippen molar-refractivity contribution in [3.8, 4) is 5.75 Å². The van der Waals surface area contributed by atoms with E-state index in [0.717, 1.165) is 29.0 Å². The van der Waals surface area contributed by atoms with Crippen molar-refractivity contribution in [1.29, 1.82) is 0 Å². The maximum absolute atomic E-state index is 13.2. The van der Waals surface area contributed by atoms with E-state index in [-0.39, 0.29) is 5.82 Å².